The van der Waals surface area contributed by atoms with Crippen LogP contribution in [0.25, 0.3) is 0 Å². The van der Waals surface area contributed by atoms with Crippen LogP contribution in [-0.2, 0) is 0 Å². The van der Waals surface area contributed by atoms with Gasteiger partial charge >= 0.3 is 0 Å². The van der Waals surface area contributed by atoms with E-state index in [1.807, 2.05) is 0 Å². The number of hydrogen-bond donors (Lipinski definition) is 2. The average molecular weight is 246 g/mol. The summed E-state index contributed by atoms with van der Waals surface area (Å²) in [5.41, 5.74) is 4.55. The SMILES string of the molecule is CCC(c1ccccc1)C(NN)C1CCCCC1. The zero-order chi connectivity index (χ0) is 12.8. The number of hydrogen-bond acceptors (Lipinski definition) is 2. The number of benzene rings is 1. The normalized spacial score (nSPS) is 20.6. The van der Waals surface area contributed by atoms with Gasteiger partial charge in [0.05, 0.1) is 0 Å². The molecule has 0 aliphatic heterocycles. The first-order valence-corrected chi connectivity index (χ1v) is 7.38. The van der Waals surface area contributed by atoms with Crippen LogP contribution < -0.4 is 11.3 Å². The summed E-state index contributed by atoms with van der Waals surface area (Å²) in [6, 6.07) is 11.3. The zero-order valence-electron chi connectivity index (χ0n) is 11.4. The fourth-order valence-corrected chi connectivity index (χ4v) is 3.47. The number of rotatable bonds is 5. The van der Waals surface area contributed by atoms with Gasteiger partial charge in [0, 0.05) is 12.0 Å². The van der Waals surface area contributed by atoms with E-state index < -0.39 is 0 Å². The minimum Gasteiger partial charge on any atom is -0.271 e. The van der Waals surface area contributed by atoms with Crippen LogP contribution in [0.15, 0.2) is 30.3 Å². The molecule has 1 saturated carbocycles. The topological polar surface area (TPSA) is 38.0 Å². The summed E-state index contributed by atoms with van der Waals surface area (Å²) in [6.07, 6.45) is 7.95. The number of nitrogens with two attached hydrogens (primary N) is 1. The molecule has 0 amide bonds. The van der Waals surface area contributed by atoms with Gasteiger partial charge in [-0.1, -0.05) is 56.5 Å². The quantitative estimate of drug-likeness (QED) is 0.615. The Labute approximate surface area is 111 Å². The molecule has 2 nitrogen and oxygen atoms in total. The van der Waals surface area contributed by atoms with Gasteiger partial charge in [-0.25, -0.2) is 0 Å². The molecular formula is C16H26N2. The van der Waals surface area contributed by atoms with E-state index in [1.54, 1.807) is 0 Å². The van der Waals surface area contributed by atoms with Crippen LogP contribution in [0.5, 0.6) is 0 Å². The van der Waals surface area contributed by atoms with Crippen molar-refractivity contribution in [2.75, 3.05) is 0 Å². The van der Waals surface area contributed by atoms with Crippen LogP contribution in [0, 0.1) is 5.92 Å². The minimum atomic E-state index is 0.428. The molecule has 1 aromatic carbocycles. The van der Waals surface area contributed by atoms with Crippen molar-refractivity contribution in [3.05, 3.63) is 35.9 Å². The van der Waals surface area contributed by atoms with Gasteiger partial charge in [-0.05, 0) is 30.7 Å². The lowest BCUT2D eigenvalue weighted by molar-refractivity contribution is 0.237. The Morgan fingerprint density at radius 2 is 1.83 bits per heavy atom. The molecular weight excluding hydrogens is 220 g/mol. The highest BCUT2D eigenvalue weighted by molar-refractivity contribution is 5.21. The van der Waals surface area contributed by atoms with Crippen molar-refractivity contribution in [3.8, 4) is 0 Å². The maximum atomic E-state index is 5.87. The summed E-state index contributed by atoms with van der Waals surface area (Å²) in [5, 5.41) is 0. The second-order valence-electron chi connectivity index (χ2n) is 5.52. The van der Waals surface area contributed by atoms with E-state index in [2.05, 4.69) is 42.7 Å². The second-order valence-corrected chi connectivity index (χ2v) is 5.52. The molecule has 1 aliphatic carbocycles. The van der Waals surface area contributed by atoms with Crippen LogP contribution in [0.1, 0.15) is 56.9 Å². The van der Waals surface area contributed by atoms with Gasteiger partial charge in [0.25, 0.3) is 0 Å². The van der Waals surface area contributed by atoms with Crippen molar-refractivity contribution >= 4 is 0 Å². The largest absolute Gasteiger partial charge is 0.271 e. The van der Waals surface area contributed by atoms with E-state index in [9.17, 15) is 0 Å². The molecule has 0 radical (unpaired) electrons. The molecule has 0 saturated heterocycles. The second kappa shape index (κ2) is 6.91. The first kappa shape index (κ1) is 13.6. The Morgan fingerprint density at radius 1 is 1.17 bits per heavy atom. The minimum absolute atomic E-state index is 0.428. The molecule has 2 atom stereocenters. The van der Waals surface area contributed by atoms with Gasteiger partial charge in [0.1, 0.15) is 0 Å². The van der Waals surface area contributed by atoms with Crippen LogP contribution in [0.3, 0.4) is 0 Å². The smallest absolute Gasteiger partial charge is 0.0307 e. The third-order valence-electron chi connectivity index (χ3n) is 4.45. The summed E-state index contributed by atoms with van der Waals surface area (Å²) in [7, 11) is 0. The van der Waals surface area contributed by atoms with E-state index in [0.717, 1.165) is 12.3 Å². The summed E-state index contributed by atoms with van der Waals surface area (Å²) in [5.74, 6) is 7.15. The highest BCUT2D eigenvalue weighted by Crippen LogP contribution is 2.34. The van der Waals surface area contributed by atoms with E-state index >= 15 is 0 Å². The van der Waals surface area contributed by atoms with Crippen molar-refractivity contribution in [2.24, 2.45) is 11.8 Å². The summed E-state index contributed by atoms with van der Waals surface area (Å²) in [4.78, 5) is 0. The van der Waals surface area contributed by atoms with Crippen LogP contribution in [-0.4, -0.2) is 6.04 Å². The van der Waals surface area contributed by atoms with E-state index in [4.69, 9.17) is 5.84 Å². The standard InChI is InChI=1S/C16H26N2/c1-2-15(13-9-5-3-6-10-13)16(18-17)14-11-7-4-8-12-14/h3,5-6,9-10,14-16,18H,2,4,7-8,11-12,17H2,1H3. The van der Waals surface area contributed by atoms with E-state index in [1.165, 1.54) is 37.7 Å². The molecule has 0 bridgehead atoms. The molecule has 2 rings (SSSR count). The van der Waals surface area contributed by atoms with Gasteiger partial charge in [-0.2, -0.15) is 0 Å². The van der Waals surface area contributed by atoms with Gasteiger partial charge in [0.15, 0.2) is 0 Å². The van der Waals surface area contributed by atoms with Crippen LogP contribution >= 0.6 is 0 Å². The van der Waals surface area contributed by atoms with Gasteiger partial charge in [-0.15, -0.1) is 0 Å². The Morgan fingerprint density at radius 3 is 2.39 bits per heavy atom. The van der Waals surface area contributed by atoms with Crippen molar-refractivity contribution in [1.29, 1.82) is 0 Å². The zero-order valence-corrected chi connectivity index (χ0v) is 11.4. The molecule has 0 heterocycles. The Kier molecular flexibility index (Phi) is 5.21. The van der Waals surface area contributed by atoms with Crippen LogP contribution in [0.2, 0.25) is 0 Å². The highest BCUT2D eigenvalue weighted by Gasteiger charge is 2.29. The van der Waals surface area contributed by atoms with Crippen molar-refractivity contribution in [2.45, 2.75) is 57.4 Å². The first-order chi connectivity index (χ1) is 8.86. The summed E-state index contributed by atoms with van der Waals surface area (Å²) >= 11 is 0. The van der Waals surface area contributed by atoms with E-state index in [0.29, 0.717) is 12.0 Å². The molecule has 2 unspecified atom stereocenters. The van der Waals surface area contributed by atoms with Crippen molar-refractivity contribution in [3.63, 3.8) is 0 Å². The maximum Gasteiger partial charge on any atom is 0.0307 e. The molecule has 100 valence electrons. The highest BCUT2D eigenvalue weighted by atomic mass is 15.2. The average Bonchev–Trinajstić information content (AvgIpc) is 2.46. The van der Waals surface area contributed by atoms with Crippen LogP contribution in [0.4, 0.5) is 0 Å². The fraction of sp³-hybridized carbons (Fsp3) is 0.625. The molecule has 1 aromatic rings. The van der Waals surface area contributed by atoms with Gasteiger partial charge < -0.3 is 0 Å². The summed E-state index contributed by atoms with van der Waals surface area (Å²) in [6.45, 7) is 2.27. The lowest BCUT2D eigenvalue weighted by Gasteiger charge is -2.35. The molecule has 18 heavy (non-hydrogen) atoms. The van der Waals surface area contributed by atoms with Gasteiger partial charge in [-0.3, -0.25) is 11.3 Å². The van der Waals surface area contributed by atoms with Crippen molar-refractivity contribution < 1.29 is 0 Å². The maximum absolute atomic E-state index is 5.87. The first-order valence-electron chi connectivity index (χ1n) is 7.38. The third-order valence-corrected chi connectivity index (χ3v) is 4.45. The fourth-order valence-electron chi connectivity index (χ4n) is 3.47. The monoisotopic (exact) mass is 246 g/mol. The number of hydrazine groups is 1. The van der Waals surface area contributed by atoms with Gasteiger partial charge in [0.2, 0.25) is 0 Å². The van der Waals surface area contributed by atoms with Crippen molar-refractivity contribution in [1.82, 2.24) is 5.43 Å². The Bertz CT molecular complexity index is 330. The molecule has 1 aliphatic rings. The Balaban J connectivity index is 2.13. The predicted molar refractivity (Wildman–Crippen MR) is 77.2 cm³/mol. The van der Waals surface area contributed by atoms with E-state index in [-0.39, 0.29) is 0 Å². The molecule has 2 heteroatoms. The Hall–Kier alpha value is -0.860. The lowest BCUT2D eigenvalue weighted by Crippen LogP contribution is -2.45. The molecule has 0 spiro atoms. The predicted octanol–water partition coefficient (Wildman–Crippen LogP) is 3.59. The molecule has 1 fully saturated rings. The molecule has 3 N–H and O–H groups in total. The number of nitrogens with one attached hydrogen (secondary N) is 1. The summed E-state index contributed by atoms with van der Waals surface area (Å²) < 4.78 is 0. The third kappa shape index (κ3) is 3.12. The molecule has 0 aromatic heterocycles. The lowest BCUT2D eigenvalue weighted by atomic mass is 9.76.